The van der Waals surface area contributed by atoms with Crippen molar-refractivity contribution in [1.82, 2.24) is 4.98 Å². The zero-order valence-corrected chi connectivity index (χ0v) is 11.1. The quantitative estimate of drug-likeness (QED) is 0.484. The normalized spacial score (nSPS) is 10.1. The Labute approximate surface area is 120 Å². The molecule has 1 aromatic heterocycles. The average Bonchev–Trinajstić information content (AvgIpc) is 2.48. The molecule has 0 radical (unpaired) electrons. The first-order chi connectivity index (χ1) is 10.1. The highest BCUT2D eigenvalue weighted by Crippen LogP contribution is 2.01. The minimum atomic E-state index is -1.22. The smallest absolute Gasteiger partial charge is 0.311 e. The molecule has 0 aliphatic heterocycles. The number of carbonyl (C=O) groups excluding carboxylic acids is 2. The van der Waals surface area contributed by atoms with E-state index in [-0.39, 0.29) is 18.0 Å². The summed E-state index contributed by atoms with van der Waals surface area (Å²) in [5.41, 5.74) is 0.627. The number of hydrogen-bond donors (Lipinski definition) is 1. The number of ketones is 2. The fourth-order valence-electron chi connectivity index (χ4n) is 1.86. The Morgan fingerprint density at radius 3 is 2.48 bits per heavy atom. The number of rotatable bonds is 6. The third-order valence-electron chi connectivity index (χ3n) is 2.85. The van der Waals surface area contributed by atoms with Gasteiger partial charge in [0.15, 0.2) is 6.20 Å². The summed E-state index contributed by atoms with van der Waals surface area (Å²) in [6, 6.07) is 8.67. The van der Waals surface area contributed by atoms with Crippen LogP contribution in [0.4, 0.5) is 0 Å². The van der Waals surface area contributed by atoms with Crippen molar-refractivity contribution in [2.45, 2.75) is 13.0 Å². The highest BCUT2D eigenvalue weighted by Gasteiger charge is 2.23. The van der Waals surface area contributed by atoms with Gasteiger partial charge in [-0.3, -0.25) is 19.4 Å². The largest absolute Gasteiger partial charge is 0.481 e. The first-order valence-corrected chi connectivity index (χ1v) is 6.24. The third kappa shape index (κ3) is 3.79. The van der Waals surface area contributed by atoms with E-state index in [9.17, 15) is 14.4 Å². The van der Waals surface area contributed by atoms with Crippen LogP contribution in [0.5, 0.6) is 0 Å². The first-order valence-electron chi connectivity index (χ1n) is 6.24. The molecule has 0 saturated carbocycles. The highest BCUT2D eigenvalue weighted by atomic mass is 16.4. The van der Waals surface area contributed by atoms with Gasteiger partial charge in [-0.1, -0.05) is 30.3 Å². The Balaban J connectivity index is 2.23. The minimum Gasteiger partial charge on any atom is -0.481 e. The predicted molar refractivity (Wildman–Crippen MR) is 71.8 cm³/mol. The maximum absolute atomic E-state index is 12.1. The van der Waals surface area contributed by atoms with Crippen LogP contribution < -0.4 is 4.57 Å². The van der Waals surface area contributed by atoms with Gasteiger partial charge in [-0.05, 0) is 0 Å². The number of aromatic nitrogens is 2. The van der Waals surface area contributed by atoms with Crippen LogP contribution in [0.1, 0.15) is 27.3 Å². The van der Waals surface area contributed by atoms with Gasteiger partial charge in [-0.15, -0.1) is 0 Å². The van der Waals surface area contributed by atoms with Crippen LogP contribution in [0, 0.1) is 0 Å². The molecule has 0 bridgehead atoms. The van der Waals surface area contributed by atoms with Crippen LogP contribution in [0.25, 0.3) is 0 Å². The standard InChI is InChI=1S/C15H12N2O4/c18-13(8-15(20)21)12-9-16-6-7-17(12)10-14(19)11-4-2-1-3-5-11/h1-7,9H,8,10H2/p+1. The van der Waals surface area contributed by atoms with E-state index >= 15 is 0 Å². The Hall–Kier alpha value is -2.89. The number of nitrogens with zero attached hydrogens (tertiary/aromatic N) is 2. The number of carboxylic acids is 1. The molecule has 0 aliphatic carbocycles. The lowest BCUT2D eigenvalue weighted by molar-refractivity contribution is -0.685. The second kappa shape index (κ2) is 6.51. The predicted octanol–water partition coefficient (Wildman–Crippen LogP) is 0.909. The summed E-state index contributed by atoms with van der Waals surface area (Å²) in [6.07, 6.45) is 3.56. The molecule has 6 nitrogen and oxygen atoms in total. The fourth-order valence-corrected chi connectivity index (χ4v) is 1.86. The van der Waals surface area contributed by atoms with Crippen molar-refractivity contribution >= 4 is 17.5 Å². The van der Waals surface area contributed by atoms with E-state index < -0.39 is 18.2 Å². The molecule has 1 N–H and O–H groups in total. The molecule has 0 spiro atoms. The van der Waals surface area contributed by atoms with Gasteiger partial charge in [0.2, 0.25) is 18.1 Å². The van der Waals surface area contributed by atoms with Crippen molar-refractivity contribution in [2.24, 2.45) is 0 Å². The molecule has 0 atom stereocenters. The number of carbonyl (C=O) groups is 3. The number of Topliss-reactive ketones (excluding diaryl/α,β-unsaturated/α-hetero) is 2. The zero-order valence-electron chi connectivity index (χ0n) is 11.1. The molecule has 1 heterocycles. The van der Waals surface area contributed by atoms with Crippen LogP contribution in [0.15, 0.2) is 48.9 Å². The maximum Gasteiger partial charge on any atom is 0.311 e. The van der Waals surface area contributed by atoms with Crippen LogP contribution in [0.2, 0.25) is 0 Å². The topological polar surface area (TPSA) is 88.2 Å². The Bertz CT molecular complexity index is 683. The van der Waals surface area contributed by atoms with Crippen molar-refractivity contribution in [2.75, 3.05) is 0 Å². The van der Waals surface area contributed by atoms with Crippen LogP contribution in [-0.4, -0.2) is 27.6 Å². The van der Waals surface area contributed by atoms with E-state index in [1.807, 2.05) is 0 Å². The second-order valence-corrected chi connectivity index (χ2v) is 4.37. The van der Waals surface area contributed by atoms with Gasteiger partial charge in [0.25, 0.3) is 5.69 Å². The number of carboxylic acid groups (broad SMARTS) is 1. The van der Waals surface area contributed by atoms with Crippen molar-refractivity contribution in [3.05, 3.63) is 60.2 Å². The van der Waals surface area contributed by atoms with E-state index in [0.717, 1.165) is 0 Å². The molecule has 2 rings (SSSR count). The molecule has 0 unspecified atom stereocenters. The molecule has 0 aliphatic rings. The van der Waals surface area contributed by atoms with Gasteiger partial charge < -0.3 is 5.11 Å². The third-order valence-corrected chi connectivity index (χ3v) is 2.85. The van der Waals surface area contributed by atoms with Crippen LogP contribution in [0.3, 0.4) is 0 Å². The van der Waals surface area contributed by atoms with Gasteiger partial charge in [0, 0.05) is 5.56 Å². The van der Waals surface area contributed by atoms with Crippen molar-refractivity contribution in [3.63, 3.8) is 0 Å². The SMILES string of the molecule is O=C(O)CC(=O)c1cncc[n+]1CC(=O)c1ccccc1. The fraction of sp³-hybridized carbons (Fsp3) is 0.133. The minimum absolute atomic E-state index is 0.0484. The molecule has 1 aromatic carbocycles. The van der Waals surface area contributed by atoms with E-state index in [1.54, 1.807) is 30.3 Å². The summed E-state index contributed by atoms with van der Waals surface area (Å²) in [5, 5.41) is 8.68. The molecule has 0 fully saturated rings. The summed E-state index contributed by atoms with van der Waals surface area (Å²) in [7, 11) is 0. The lowest BCUT2D eigenvalue weighted by atomic mass is 10.1. The summed E-state index contributed by atoms with van der Waals surface area (Å²) < 4.78 is 1.41. The van der Waals surface area contributed by atoms with E-state index in [4.69, 9.17) is 5.11 Å². The van der Waals surface area contributed by atoms with Gasteiger partial charge in [-0.2, -0.15) is 4.57 Å². The van der Waals surface area contributed by atoms with E-state index in [2.05, 4.69) is 4.98 Å². The zero-order chi connectivity index (χ0) is 15.2. The molecule has 0 saturated heterocycles. The van der Waals surface area contributed by atoms with Crippen LogP contribution in [-0.2, 0) is 11.3 Å². The Morgan fingerprint density at radius 2 is 1.81 bits per heavy atom. The molecular formula is C15H13N2O4+. The van der Waals surface area contributed by atoms with Crippen molar-refractivity contribution < 1.29 is 24.1 Å². The summed E-state index contributed by atoms with van der Waals surface area (Å²) >= 11 is 0. The molecule has 106 valence electrons. The van der Waals surface area contributed by atoms with Gasteiger partial charge in [0.05, 0.1) is 6.20 Å². The van der Waals surface area contributed by atoms with Crippen molar-refractivity contribution in [1.29, 1.82) is 0 Å². The summed E-state index contributed by atoms with van der Waals surface area (Å²) in [4.78, 5) is 38.4. The van der Waals surface area contributed by atoms with Crippen LogP contribution >= 0.6 is 0 Å². The van der Waals surface area contributed by atoms with E-state index in [1.165, 1.54) is 23.2 Å². The Morgan fingerprint density at radius 1 is 1.10 bits per heavy atom. The Kier molecular flexibility index (Phi) is 4.50. The molecule has 2 aromatic rings. The number of benzene rings is 1. The lowest BCUT2D eigenvalue weighted by Crippen LogP contribution is -2.44. The first kappa shape index (κ1) is 14.5. The molecular weight excluding hydrogens is 272 g/mol. The summed E-state index contributed by atoms with van der Waals surface area (Å²) in [6.45, 7) is -0.0484. The van der Waals surface area contributed by atoms with Gasteiger partial charge in [0.1, 0.15) is 12.6 Å². The molecule has 0 amide bonds. The maximum atomic E-state index is 12.1. The second-order valence-electron chi connectivity index (χ2n) is 4.37. The lowest BCUT2D eigenvalue weighted by Gasteiger charge is -2.01. The van der Waals surface area contributed by atoms with Gasteiger partial charge >= 0.3 is 5.97 Å². The van der Waals surface area contributed by atoms with Gasteiger partial charge in [-0.25, -0.2) is 0 Å². The molecule has 6 heteroatoms. The number of hydrogen-bond acceptors (Lipinski definition) is 4. The number of aliphatic carboxylic acids is 1. The highest BCUT2D eigenvalue weighted by molar-refractivity contribution is 6.03. The van der Waals surface area contributed by atoms with Crippen molar-refractivity contribution in [3.8, 4) is 0 Å². The monoisotopic (exact) mass is 285 g/mol. The molecule has 21 heavy (non-hydrogen) atoms. The summed E-state index contributed by atoms with van der Waals surface area (Å²) in [5.74, 6) is -1.97. The van der Waals surface area contributed by atoms with E-state index in [0.29, 0.717) is 5.56 Å². The average molecular weight is 285 g/mol.